The van der Waals surface area contributed by atoms with Crippen LogP contribution in [0.2, 0.25) is 0 Å². The van der Waals surface area contributed by atoms with E-state index >= 15 is 0 Å². The van der Waals surface area contributed by atoms with Crippen LogP contribution >= 0.6 is 0 Å². The maximum Gasteiger partial charge on any atom is -0.0128 e. The Kier molecular flexibility index (Phi) is 8.24. The van der Waals surface area contributed by atoms with Gasteiger partial charge in [-0.05, 0) is 70.6 Å². The molecule has 0 aliphatic heterocycles. The minimum atomic E-state index is 1.09. The van der Waals surface area contributed by atoms with Crippen molar-refractivity contribution in [3.8, 4) is 0 Å². The summed E-state index contributed by atoms with van der Waals surface area (Å²) in [7, 11) is 0. The average molecular weight is 280 g/mol. The fourth-order valence-corrected chi connectivity index (χ4v) is 2.05. The fourth-order valence-electron chi connectivity index (χ4n) is 2.05. The van der Waals surface area contributed by atoms with Crippen LogP contribution in [0.4, 0.5) is 0 Å². The number of hydrogen-bond acceptors (Lipinski definition) is 0. The SMILES string of the molecule is CC(=C=Cc1ccccc1)CCC=C(C)CCC=C(C)C. The Bertz CT molecular complexity index is 531. The first kappa shape index (κ1) is 17.3. The van der Waals surface area contributed by atoms with Gasteiger partial charge in [0.1, 0.15) is 0 Å². The lowest BCUT2D eigenvalue weighted by atomic mass is 10.1. The van der Waals surface area contributed by atoms with Crippen molar-refractivity contribution < 1.29 is 0 Å². The van der Waals surface area contributed by atoms with Crippen molar-refractivity contribution in [2.75, 3.05) is 0 Å². The van der Waals surface area contributed by atoms with Crippen molar-refractivity contribution in [1.29, 1.82) is 0 Å². The van der Waals surface area contributed by atoms with Crippen molar-refractivity contribution in [3.63, 3.8) is 0 Å². The van der Waals surface area contributed by atoms with Crippen molar-refractivity contribution in [2.45, 2.75) is 53.4 Å². The highest BCUT2D eigenvalue weighted by Crippen LogP contribution is 2.11. The molecule has 0 N–H and O–H groups in total. The molecule has 112 valence electrons. The lowest BCUT2D eigenvalue weighted by Gasteiger charge is -1.99. The van der Waals surface area contributed by atoms with E-state index in [1.165, 1.54) is 28.7 Å². The standard InChI is InChI=1S/C21H28/c1-18(2)10-8-11-19(3)12-9-13-20(4)16-17-21-14-6-5-7-15-21/h5-7,10,12,14-15,17H,8-9,11,13H2,1-4H3. The van der Waals surface area contributed by atoms with E-state index in [4.69, 9.17) is 0 Å². The number of hydrogen-bond donors (Lipinski definition) is 0. The molecule has 0 saturated carbocycles. The van der Waals surface area contributed by atoms with E-state index in [0.29, 0.717) is 0 Å². The second-order valence-electron chi connectivity index (χ2n) is 5.89. The number of rotatable bonds is 7. The molecule has 0 heterocycles. The molecule has 21 heavy (non-hydrogen) atoms. The van der Waals surface area contributed by atoms with Gasteiger partial charge in [0.05, 0.1) is 0 Å². The van der Waals surface area contributed by atoms with Crippen LogP contribution in [0.15, 0.2) is 64.9 Å². The summed E-state index contributed by atoms with van der Waals surface area (Å²) < 4.78 is 0. The first-order chi connectivity index (χ1) is 10.1. The zero-order chi connectivity index (χ0) is 15.5. The molecule has 0 atom stereocenters. The second-order valence-corrected chi connectivity index (χ2v) is 5.89. The van der Waals surface area contributed by atoms with E-state index in [9.17, 15) is 0 Å². The Labute approximate surface area is 130 Å². The van der Waals surface area contributed by atoms with Gasteiger partial charge in [-0.3, -0.25) is 0 Å². The van der Waals surface area contributed by atoms with Crippen LogP contribution in [0.5, 0.6) is 0 Å². The predicted molar refractivity (Wildman–Crippen MR) is 95.3 cm³/mol. The summed E-state index contributed by atoms with van der Waals surface area (Å²) in [6.07, 6.45) is 11.3. The van der Waals surface area contributed by atoms with Gasteiger partial charge >= 0.3 is 0 Å². The summed E-state index contributed by atoms with van der Waals surface area (Å²) >= 11 is 0. The summed E-state index contributed by atoms with van der Waals surface area (Å²) in [4.78, 5) is 0. The molecule has 0 nitrogen and oxygen atoms in total. The van der Waals surface area contributed by atoms with Crippen LogP contribution in [0.3, 0.4) is 0 Å². The summed E-state index contributed by atoms with van der Waals surface area (Å²) in [6, 6.07) is 10.4. The van der Waals surface area contributed by atoms with Gasteiger partial charge in [0.25, 0.3) is 0 Å². The summed E-state index contributed by atoms with van der Waals surface area (Å²) in [5.41, 5.74) is 8.81. The van der Waals surface area contributed by atoms with Gasteiger partial charge in [0.15, 0.2) is 0 Å². The van der Waals surface area contributed by atoms with Crippen molar-refractivity contribution >= 4 is 6.08 Å². The minimum Gasteiger partial charge on any atom is -0.121 e. The van der Waals surface area contributed by atoms with Gasteiger partial charge in [-0.2, -0.15) is 0 Å². The quantitative estimate of drug-likeness (QED) is 0.384. The van der Waals surface area contributed by atoms with Gasteiger partial charge < -0.3 is 0 Å². The van der Waals surface area contributed by atoms with Gasteiger partial charge in [0.2, 0.25) is 0 Å². The molecule has 0 spiro atoms. The van der Waals surface area contributed by atoms with Crippen molar-refractivity contribution in [1.82, 2.24) is 0 Å². The van der Waals surface area contributed by atoms with Gasteiger partial charge in [-0.15, -0.1) is 5.73 Å². The third kappa shape index (κ3) is 8.89. The Balaban J connectivity index is 2.40. The molecule has 1 aromatic carbocycles. The topological polar surface area (TPSA) is 0 Å². The van der Waals surface area contributed by atoms with Crippen LogP contribution in [-0.4, -0.2) is 0 Å². The highest BCUT2D eigenvalue weighted by Gasteiger charge is 1.91. The maximum atomic E-state index is 3.38. The van der Waals surface area contributed by atoms with Crippen molar-refractivity contribution in [3.05, 3.63) is 70.5 Å². The first-order valence-electron chi connectivity index (χ1n) is 7.84. The third-order valence-corrected chi connectivity index (χ3v) is 3.39. The zero-order valence-corrected chi connectivity index (χ0v) is 13.9. The van der Waals surface area contributed by atoms with Crippen LogP contribution < -0.4 is 0 Å². The lowest BCUT2D eigenvalue weighted by molar-refractivity contribution is 0.920. The molecule has 0 radical (unpaired) electrons. The fraction of sp³-hybridized carbons (Fsp3) is 0.381. The van der Waals surface area contributed by atoms with E-state index in [1.54, 1.807) is 0 Å². The third-order valence-electron chi connectivity index (χ3n) is 3.39. The molecule has 1 rings (SSSR count). The lowest BCUT2D eigenvalue weighted by Crippen LogP contribution is -1.79. The highest BCUT2D eigenvalue weighted by molar-refractivity contribution is 5.48. The van der Waals surface area contributed by atoms with E-state index in [2.05, 4.69) is 75.9 Å². The van der Waals surface area contributed by atoms with Crippen LogP contribution in [0.1, 0.15) is 58.9 Å². The summed E-state index contributed by atoms with van der Waals surface area (Å²) in [6.45, 7) is 8.71. The number of allylic oxidation sites excluding steroid dienone is 5. The summed E-state index contributed by atoms with van der Waals surface area (Å²) in [5.74, 6) is 0. The van der Waals surface area contributed by atoms with Crippen LogP contribution in [0, 0.1) is 0 Å². The molecular formula is C21H28. The summed E-state index contributed by atoms with van der Waals surface area (Å²) in [5, 5.41) is 0. The first-order valence-corrected chi connectivity index (χ1v) is 7.84. The Morgan fingerprint density at radius 3 is 2.24 bits per heavy atom. The van der Waals surface area contributed by atoms with E-state index in [-0.39, 0.29) is 0 Å². The number of benzene rings is 1. The molecule has 0 aliphatic carbocycles. The smallest absolute Gasteiger partial charge is 0.0128 e. The normalized spacial score (nSPS) is 10.8. The van der Waals surface area contributed by atoms with Crippen LogP contribution in [-0.2, 0) is 0 Å². The molecule has 0 saturated heterocycles. The molecular weight excluding hydrogens is 252 g/mol. The van der Waals surface area contributed by atoms with Gasteiger partial charge in [0, 0.05) is 0 Å². The molecule has 1 aromatic rings. The predicted octanol–water partition coefficient (Wildman–Crippen LogP) is 6.72. The van der Waals surface area contributed by atoms with Crippen molar-refractivity contribution in [2.24, 2.45) is 0 Å². The van der Waals surface area contributed by atoms with Gasteiger partial charge in [-0.25, -0.2) is 0 Å². The highest BCUT2D eigenvalue weighted by atomic mass is 14.0. The molecule has 0 aliphatic rings. The second kappa shape index (κ2) is 10.0. The van der Waals surface area contributed by atoms with Crippen LogP contribution in [0.25, 0.3) is 6.08 Å². The monoisotopic (exact) mass is 280 g/mol. The Hall–Kier alpha value is -1.78. The maximum absolute atomic E-state index is 3.38. The zero-order valence-electron chi connectivity index (χ0n) is 13.9. The van der Waals surface area contributed by atoms with E-state index in [0.717, 1.165) is 19.3 Å². The Morgan fingerprint density at radius 1 is 0.905 bits per heavy atom. The molecule has 0 amide bonds. The molecule has 0 aromatic heterocycles. The largest absolute Gasteiger partial charge is 0.121 e. The minimum absolute atomic E-state index is 1.09. The molecule has 0 heteroatoms. The molecule has 0 unspecified atom stereocenters. The Morgan fingerprint density at radius 2 is 1.57 bits per heavy atom. The van der Waals surface area contributed by atoms with E-state index < -0.39 is 0 Å². The molecule has 0 fully saturated rings. The van der Waals surface area contributed by atoms with Gasteiger partial charge in [-0.1, -0.05) is 53.6 Å². The average Bonchev–Trinajstić information content (AvgIpc) is 2.46. The van der Waals surface area contributed by atoms with E-state index in [1.807, 2.05) is 6.07 Å². The molecule has 0 bridgehead atoms.